The molecule has 1 aromatic rings. The summed E-state index contributed by atoms with van der Waals surface area (Å²) in [7, 11) is 0. The molecule has 1 amide bonds. The third-order valence-corrected chi connectivity index (χ3v) is 2.00. The minimum Gasteiger partial charge on any atom is -0.324 e. The van der Waals surface area contributed by atoms with Gasteiger partial charge in [-0.05, 0) is 6.07 Å². The Morgan fingerprint density at radius 2 is 2.35 bits per heavy atom. The van der Waals surface area contributed by atoms with Crippen LogP contribution >= 0.6 is 0 Å². The molecule has 0 radical (unpaired) electrons. The highest BCUT2D eigenvalue weighted by atomic mass is 16.6. The van der Waals surface area contributed by atoms with Crippen LogP contribution < -0.4 is 11.1 Å². The zero-order valence-electron chi connectivity index (χ0n) is 8.92. The number of rotatable bonds is 4. The second-order valence-corrected chi connectivity index (χ2v) is 3.31. The summed E-state index contributed by atoms with van der Waals surface area (Å²) in [6, 6.07) is 4.77. The summed E-state index contributed by atoms with van der Waals surface area (Å²) in [6.45, 7) is 0. The quantitative estimate of drug-likeness (QED) is 0.458. The number of nitrogens with zero attached hydrogens (tertiary/aromatic N) is 1. The lowest BCUT2D eigenvalue weighted by molar-refractivity contribution is -0.384. The van der Waals surface area contributed by atoms with Gasteiger partial charge in [-0.3, -0.25) is 14.9 Å². The second-order valence-electron chi connectivity index (χ2n) is 3.31. The number of terminal acetylenes is 1. The fourth-order valence-electron chi connectivity index (χ4n) is 1.15. The Morgan fingerprint density at radius 1 is 1.65 bits per heavy atom. The van der Waals surface area contributed by atoms with Crippen molar-refractivity contribution >= 4 is 17.3 Å². The highest BCUT2D eigenvalue weighted by Crippen LogP contribution is 2.17. The summed E-state index contributed by atoms with van der Waals surface area (Å²) in [6.07, 6.45) is 5.14. The van der Waals surface area contributed by atoms with Gasteiger partial charge >= 0.3 is 0 Å². The van der Waals surface area contributed by atoms with Crippen molar-refractivity contribution in [2.45, 2.75) is 12.5 Å². The van der Waals surface area contributed by atoms with Crippen LogP contribution in [0.1, 0.15) is 6.42 Å². The van der Waals surface area contributed by atoms with Crippen molar-refractivity contribution in [1.29, 1.82) is 0 Å². The smallest absolute Gasteiger partial charge is 0.271 e. The predicted octanol–water partition coefficient (Wildman–Crippen LogP) is 0.884. The maximum atomic E-state index is 11.5. The Bertz CT molecular complexity index is 479. The van der Waals surface area contributed by atoms with Crippen LogP contribution in [0.2, 0.25) is 0 Å². The van der Waals surface area contributed by atoms with Crippen LogP contribution in [-0.2, 0) is 4.79 Å². The van der Waals surface area contributed by atoms with Crippen molar-refractivity contribution in [3.05, 3.63) is 34.4 Å². The van der Waals surface area contributed by atoms with E-state index in [1.807, 2.05) is 0 Å². The highest BCUT2D eigenvalue weighted by Gasteiger charge is 2.13. The Labute approximate surface area is 98.0 Å². The van der Waals surface area contributed by atoms with Gasteiger partial charge in [0, 0.05) is 24.2 Å². The molecule has 0 aliphatic carbocycles. The monoisotopic (exact) mass is 233 g/mol. The molecule has 0 aromatic heterocycles. The number of non-ortho nitro benzene ring substituents is 1. The van der Waals surface area contributed by atoms with Gasteiger partial charge in [0.2, 0.25) is 5.91 Å². The van der Waals surface area contributed by atoms with Crippen molar-refractivity contribution in [1.82, 2.24) is 0 Å². The Morgan fingerprint density at radius 3 is 2.94 bits per heavy atom. The number of carbonyl (C=O) groups is 1. The summed E-state index contributed by atoms with van der Waals surface area (Å²) in [5, 5.41) is 13.0. The summed E-state index contributed by atoms with van der Waals surface area (Å²) in [5.74, 6) is 1.80. The number of hydrogen-bond donors (Lipinski definition) is 2. The number of benzene rings is 1. The standard InChI is InChI=1S/C11H11N3O3/c1-2-4-10(12)11(15)13-8-5-3-6-9(7-8)14(16)17/h1,3,5-7,10H,4,12H2,(H,13,15). The van der Waals surface area contributed by atoms with Crippen LogP contribution in [-0.4, -0.2) is 16.9 Å². The maximum Gasteiger partial charge on any atom is 0.271 e. The number of nitro benzene ring substituents is 1. The molecule has 0 spiro atoms. The van der Waals surface area contributed by atoms with Gasteiger partial charge in [-0.2, -0.15) is 0 Å². The largest absolute Gasteiger partial charge is 0.324 e. The maximum absolute atomic E-state index is 11.5. The Hall–Kier alpha value is -2.39. The van der Waals surface area contributed by atoms with Crippen LogP contribution in [0.25, 0.3) is 0 Å². The van der Waals surface area contributed by atoms with Crippen molar-refractivity contribution in [2.24, 2.45) is 5.73 Å². The van der Waals surface area contributed by atoms with Gasteiger partial charge in [0.05, 0.1) is 11.0 Å². The van der Waals surface area contributed by atoms with E-state index in [-0.39, 0.29) is 12.1 Å². The minimum atomic E-state index is -0.820. The normalized spacial score (nSPS) is 11.3. The van der Waals surface area contributed by atoms with Gasteiger partial charge in [0.15, 0.2) is 0 Å². The molecule has 1 unspecified atom stereocenters. The third-order valence-electron chi connectivity index (χ3n) is 2.00. The first-order chi connectivity index (χ1) is 8.04. The molecule has 0 heterocycles. The van der Waals surface area contributed by atoms with Gasteiger partial charge in [-0.25, -0.2) is 0 Å². The lowest BCUT2D eigenvalue weighted by atomic mass is 10.2. The van der Waals surface area contributed by atoms with E-state index in [9.17, 15) is 14.9 Å². The van der Waals surface area contributed by atoms with Gasteiger partial charge in [-0.15, -0.1) is 12.3 Å². The molecule has 6 nitrogen and oxygen atoms in total. The van der Waals surface area contributed by atoms with Crippen LogP contribution in [0.3, 0.4) is 0 Å². The van der Waals surface area contributed by atoms with Crippen molar-refractivity contribution < 1.29 is 9.72 Å². The van der Waals surface area contributed by atoms with Crippen LogP contribution in [0, 0.1) is 22.5 Å². The number of amides is 1. The number of nitro groups is 1. The number of carbonyl (C=O) groups excluding carboxylic acids is 1. The van der Waals surface area contributed by atoms with Crippen LogP contribution in [0.5, 0.6) is 0 Å². The molecule has 0 aliphatic heterocycles. The van der Waals surface area contributed by atoms with E-state index in [0.29, 0.717) is 5.69 Å². The van der Waals surface area contributed by atoms with E-state index in [2.05, 4.69) is 11.2 Å². The average Bonchev–Trinajstić information content (AvgIpc) is 2.29. The molecule has 88 valence electrons. The zero-order valence-corrected chi connectivity index (χ0v) is 8.92. The molecule has 0 aliphatic rings. The average molecular weight is 233 g/mol. The number of nitrogens with one attached hydrogen (secondary N) is 1. The van der Waals surface area contributed by atoms with Crippen molar-refractivity contribution in [3.8, 4) is 12.3 Å². The van der Waals surface area contributed by atoms with Crippen LogP contribution in [0.15, 0.2) is 24.3 Å². The number of hydrogen-bond acceptors (Lipinski definition) is 4. The van der Waals surface area contributed by atoms with Gasteiger partial charge in [0.1, 0.15) is 0 Å². The molecule has 3 N–H and O–H groups in total. The minimum absolute atomic E-state index is 0.103. The predicted molar refractivity (Wildman–Crippen MR) is 63.2 cm³/mol. The summed E-state index contributed by atoms with van der Waals surface area (Å²) >= 11 is 0. The first-order valence-electron chi connectivity index (χ1n) is 4.79. The number of anilines is 1. The fourth-order valence-corrected chi connectivity index (χ4v) is 1.15. The van der Waals surface area contributed by atoms with Crippen molar-refractivity contribution in [3.63, 3.8) is 0 Å². The zero-order chi connectivity index (χ0) is 12.8. The SMILES string of the molecule is C#CCC(N)C(=O)Nc1cccc([N+](=O)[O-])c1. The molecule has 0 fully saturated rings. The van der Waals surface area contributed by atoms with E-state index >= 15 is 0 Å². The van der Waals surface area contributed by atoms with Crippen LogP contribution in [0.4, 0.5) is 11.4 Å². The Kier molecular flexibility index (Phi) is 4.20. The lowest BCUT2D eigenvalue weighted by Gasteiger charge is -2.09. The van der Waals surface area contributed by atoms with E-state index in [4.69, 9.17) is 12.2 Å². The van der Waals surface area contributed by atoms with E-state index in [0.717, 1.165) is 0 Å². The molecule has 0 saturated heterocycles. The first-order valence-corrected chi connectivity index (χ1v) is 4.79. The molecule has 17 heavy (non-hydrogen) atoms. The second kappa shape index (κ2) is 5.63. The van der Waals surface area contributed by atoms with Crippen molar-refractivity contribution in [2.75, 3.05) is 5.32 Å². The first kappa shape index (κ1) is 12.7. The van der Waals surface area contributed by atoms with E-state index in [1.165, 1.54) is 24.3 Å². The molecule has 0 saturated carbocycles. The molecular formula is C11H11N3O3. The van der Waals surface area contributed by atoms with E-state index < -0.39 is 16.9 Å². The Balaban J connectivity index is 2.75. The van der Waals surface area contributed by atoms with E-state index in [1.54, 1.807) is 0 Å². The van der Waals surface area contributed by atoms with Gasteiger partial charge < -0.3 is 11.1 Å². The summed E-state index contributed by atoms with van der Waals surface area (Å²) in [4.78, 5) is 21.5. The summed E-state index contributed by atoms with van der Waals surface area (Å²) < 4.78 is 0. The molecule has 6 heteroatoms. The molecule has 1 rings (SSSR count). The lowest BCUT2D eigenvalue weighted by Crippen LogP contribution is -2.35. The molecule has 1 atom stereocenters. The number of nitrogens with two attached hydrogens (primary N) is 1. The topological polar surface area (TPSA) is 98.3 Å². The van der Waals surface area contributed by atoms with Gasteiger partial charge in [-0.1, -0.05) is 6.07 Å². The third kappa shape index (κ3) is 3.59. The molecular weight excluding hydrogens is 222 g/mol. The highest BCUT2D eigenvalue weighted by molar-refractivity contribution is 5.95. The molecule has 0 bridgehead atoms. The molecule has 1 aromatic carbocycles. The van der Waals surface area contributed by atoms with Gasteiger partial charge in [0.25, 0.3) is 5.69 Å². The fraction of sp³-hybridized carbons (Fsp3) is 0.182. The summed E-state index contributed by atoms with van der Waals surface area (Å²) in [5.41, 5.74) is 5.70.